The zero-order valence-corrected chi connectivity index (χ0v) is 10.5. The molecule has 2 heterocycles. The van der Waals surface area contributed by atoms with Crippen LogP contribution in [0.1, 0.15) is 10.5 Å². The van der Waals surface area contributed by atoms with Gasteiger partial charge >= 0.3 is 5.97 Å². The number of carboxylic acids is 1. The molecule has 3 aromatic rings. The van der Waals surface area contributed by atoms with Crippen molar-refractivity contribution in [3.63, 3.8) is 0 Å². The average molecular weight is 256 g/mol. The SMILES string of the molecule is Cn1nc(C(=O)O)cc1-c1cccc2c1ncn2C. The van der Waals surface area contributed by atoms with Gasteiger partial charge in [-0.2, -0.15) is 5.10 Å². The Morgan fingerprint density at radius 1 is 1.32 bits per heavy atom. The molecule has 6 nitrogen and oxygen atoms in total. The van der Waals surface area contributed by atoms with Gasteiger partial charge in [0.25, 0.3) is 0 Å². The van der Waals surface area contributed by atoms with Gasteiger partial charge in [-0.05, 0) is 12.1 Å². The Bertz CT molecular complexity index is 785. The van der Waals surface area contributed by atoms with Gasteiger partial charge in [-0.15, -0.1) is 0 Å². The summed E-state index contributed by atoms with van der Waals surface area (Å²) in [7, 11) is 3.65. The molecule has 0 amide bonds. The molecule has 1 aromatic carbocycles. The first-order valence-corrected chi connectivity index (χ1v) is 5.75. The molecule has 0 aliphatic heterocycles. The maximum atomic E-state index is 11.0. The molecule has 0 aliphatic rings. The summed E-state index contributed by atoms with van der Waals surface area (Å²) in [6, 6.07) is 7.37. The third-order valence-electron chi connectivity index (χ3n) is 3.13. The summed E-state index contributed by atoms with van der Waals surface area (Å²) in [6.07, 6.45) is 1.74. The van der Waals surface area contributed by atoms with E-state index in [2.05, 4.69) is 10.1 Å². The van der Waals surface area contributed by atoms with E-state index < -0.39 is 5.97 Å². The number of aromatic carboxylic acids is 1. The lowest BCUT2D eigenvalue weighted by Gasteiger charge is -2.03. The molecule has 0 saturated carbocycles. The van der Waals surface area contributed by atoms with Gasteiger partial charge in [0.15, 0.2) is 5.69 Å². The van der Waals surface area contributed by atoms with Crippen molar-refractivity contribution in [1.82, 2.24) is 19.3 Å². The van der Waals surface area contributed by atoms with Gasteiger partial charge in [0, 0.05) is 19.7 Å². The zero-order chi connectivity index (χ0) is 13.6. The van der Waals surface area contributed by atoms with Crippen LogP contribution in [-0.2, 0) is 14.1 Å². The first-order chi connectivity index (χ1) is 9.08. The van der Waals surface area contributed by atoms with Gasteiger partial charge in [-0.25, -0.2) is 9.78 Å². The van der Waals surface area contributed by atoms with Crippen LogP contribution in [0, 0.1) is 0 Å². The molecule has 0 unspecified atom stereocenters. The number of fused-ring (bicyclic) bond motifs is 1. The number of rotatable bonds is 2. The van der Waals surface area contributed by atoms with Crippen LogP contribution in [0.15, 0.2) is 30.6 Å². The summed E-state index contributed by atoms with van der Waals surface area (Å²) < 4.78 is 3.49. The number of aryl methyl sites for hydroxylation is 2. The highest BCUT2D eigenvalue weighted by atomic mass is 16.4. The van der Waals surface area contributed by atoms with E-state index in [0.29, 0.717) is 0 Å². The third-order valence-corrected chi connectivity index (χ3v) is 3.13. The number of carboxylic acid groups (broad SMARTS) is 1. The second-order valence-electron chi connectivity index (χ2n) is 4.37. The molecule has 3 rings (SSSR count). The van der Waals surface area contributed by atoms with E-state index >= 15 is 0 Å². The van der Waals surface area contributed by atoms with Crippen LogP contribution >= 0.6 is 0 Å². The zero-order valence-electron chi connectivity index (χ0n) is 10.5. The van der Waals surface area contributed by atoms with E-state index in [-0.39, 0.29) is 5.69 Å². The maximum absolute atomic E-state index is 11.0. The lowest BCUT2D eigenvalue weighted by molar-refractivity contribution is 0.0689. The molecule has 0 atom stereocenters. The van der Waals surface area contributed by atoms with E-state index in [0.717, 1.165) is 22.3 Å². The molecule has 0 saturated heterocycles. The van der Waals surface area contributed by atoms with Crippen molar-refractivity contribution < 1.29 is 9.90 Å². The van der Waals surface area contributed by atoms with Crippen LogP contribution in [0.3, 0.4) is 0 Å². The van der Waals surface area contributed by atoms with Gasteiger partial charge in [0.05, 0.1) is 23.1 Å². The normalized spacial score (nSPS) is 11.1. The highest BCUT2D eigenvalue weighted by Crippen LogP contribution is 2.27. The van der Waals surface area contributed by atoms with E-state index in [1.807, 2.05) is 29.8 Å². The van der Waals surface area contributed by atoms with Crippen molar-refractivity contribution in [1.29, 1.82) is 0 Å². The topological polar surface area (TPSA) is 72.9 Å². The van der Waals surface area contributed by atoms with Crippen molar-refractivity contribution in [2.24, 2.45) is 14.1 Å². The quantitative estimate of drug-likeness (QED) is 0.757. The highest BCUT2D eigenvalue weighted by Gasteiger charge is 2.15. The predicted molar refractivity (Wildman–Crippen MR) is 69.9 cm³/mol. The van der Waals surface area contributed by atoms with E-state index in [1.165, 1.54) is 0 Å². The first-order valence-electron chi connectivity index (χ1n) is 5.75. The first kappa shape index (κ1) is 11.5. The van der Waals surface area contributed by atoms with E-state index in [4.69, 9.17) is 5.11 Å². The minimum Gasteiger partial charge on any atom is -0.476 e. The molecule has 19 heavy (non-hydrogen) atoms. The number of benzene rings is 1. The Hall–Kier alpha value is -2.63. The predicted octanol–water partition coefficient (Wildman–Crippen LogP) is 1.67. The molecule has 0 spiro atoms. The van der Waals surface area contributed by atoms with Crippen molar-refractivity contribution in [3.05, 3.63) is 36.3 Å². The number of hydrogen-bond donors (Lipinski definition) is 1. The molecule has 1 N–H and O–H groups in total. The summed E-state index contributed by atoms with van der Waals surface area (Å²) in [5.41, 5.74) is 3.48. The maximum Gasteiger partial charge on any atom is 0.356 e. The fourth-order valence-corrected chi connectivity index (χ4v) is 2.19. The van der Waals surface area contributed by atoms with Crippen LogP contribution < -0.4 is 0 Å². The summed E-state index contributed by atoms with van der Waals surface area (Å²) in [6.45, 7) is 0. The Morgan fingerprint density at radius 3 is 2.79 bits per heavy atom. The summed E-state index contributed by atoms with van der Waals surface area (Å²) in [4.78, 5) is 15.3. The molecule has 6 heteroatoms. The monoisotopic (exact) mass is 256 g/mol. The van der Waals surface area contributed by atoms with Crippen LogP contribution in [0.25, 0.3) is 22.3 Å². The number of imidazole rings is 1. The smallest absolute Gasteiger partial charge is 0.356 e. The molecule has 0 radical (unpaired) electrons. The molecule has 2 aromatic heterocycles. The second-order valence-corrected chi connectivity index (χ2v) is 4.37. The molecular weight excluding hydrogens is 244 g/mol. The summed E-state index contributed by atoms with van der Waals surface area (Å²) in [5.74, 6) is -1.03. The number of aromatic nitrogens is 4. The number of carbonyl (C=O) groups is 1. The van der Waals surface area contributed by atoms with Crippen LogP contribution in [0.2, 0.25) is 0 Å². The van der Waals surface area contributed by atoms with Gasteiger partial charge in [-0.1, -0.05) is 12.1 Å². The van der Waals surface area contributed by atoms with Crippen LogP contribution in [-0.4, -0.2) is 30.4 Å². The number of hydrogen-bond acceptors (Lipinski definition) is 3. The van der Waals surface area contributed by atoms with Gasteiger partial charge in [0.2, 0.25) is 0 Å². The molecule has 96 valence electrons. The Labute approximate surface area is 108 Å². The Morgan fingerprint density at radius 2 is 2.11 bits per heavy atom. The van der Waals surface area contributed by atoms with Gasteiger partial charge in [0.1, 0.15) is 0 Å². The number of para-hydroxylation sites is 1. The standard InChI is InChI=1S/C13H12N4O2/c1-16-7-14-12-8(4-3-5-10(12)16)11-6-9(13(18)19)15-17(11)2/h3-7H,1-2H3,(H,18,19). The molecular formula is C13H12N4O2. The lowest BCUT2D eigenvalue weighted by atomic mass is 10.1. The average Bonchev–Trinajstić information content (AvgIpc) is 2.94. The fourth-order valence-electron chi connectivity index (χ4n) is 2.19. The third kappa shape index (κ3) is 1.69. The fraction of sp³-hybridized carbons (Fsp3) is 0.154. The lowest BCUT2D eigenvalue weighted by Crippen LogP contribution is -1.99. The molecule has 0 aliphatic carbocycles. The minimum atomic E-state index is -1.03. The van der Waals surface area contributed by atoms with Crippen molar-refractivity contribution in [2.75, 3.05) is 0 Å². The van der Waals surface area contributed by atoms with Gasteiger partial charge in [-0.3, -0.25) is 4.68 Å². The van der Waals surface area contributed by atoms with E-state index in [1.54, 1.807) is 24.1 Å². The minimum absolute atomic E-state index is 0.0328. The van der Waals surface area contributed by atoms with E-state index in [9.17, 15) is 4.79 Å². The van der Waals surface area contributed by atoms with Crippen molar-refractivity contribution in [2.45, 2.75) is 0 Å². The highest BCUT2D eigenvalue weighted by molar-refractivity contribution is 5.93. The Kier molecular flexibility index (Phi) is 2.38. The van der Waals surface area contributed by atoms with Gasteiger partial charge < -0.3 is 9.67 Å². The molecule has 0 bridgehead atoms. The van der Waals surface area contributed by atoms with Crippen molar-refractivity contribution in [3.8, 4) is 11.3 Å². The summed E-state index contributed by atoms with van der Waals surface area (Å²) in [5, 5.41) is 13.0. The van der Waals surface area contributed by atoms with Crippen LogP contribution in [0.5, 0.6) is 0 Å². The van der Waals surface area contributed by atoms with Crippen LogP contribution in [0.4, 0.5) is 0 Å². The van der Waals surface area contributed by atoms with Crippen molar-refractivity contribution >= 4 is 17.0 Å². The summed E-state index contributed by atoms with van der Waals surface area (Å²) >= 11 is 0. The molecule has 0 fully saturated rings. The Balaban J connectivity index is 2.27. The largest absolute Gasteiger partial charge is 0.476 e. The second kappa shape index (κ2) is 3.94. The number of nitrogens with zero attached hydrogens (tertiary/aromatic N) is 4.